The SMILES string of the molecule is CCOc1ccc(-c2ccc(C#CC3(O)CN4CCC3CC4)cc2)cc1. The molecule has 0 aromatic heterocycles. The van der Waals surface area contributed by atoms with E-state index in [1.54, 1.807) is 0 Å². The first-order chi connectivity index (χ1) is 12.7. The number of rotatable bonds is 3. The van der Waals surface area contributed by atoms with Gasteiger partial charge in [0.1, 0.15) is 11.4 Å². The summed E-state index contributed by atoms with van der Waals surface area (Å²) in [4.78, 5) is 2.32. The van der Waals surface area contributed by atoms with Crippen LogP contribution in [0.25, 0.3) is 11.1 Å². The van der Waals surface area contributed by atoms with E-state index in [1.807, 2.05) is 31.2 Å². The number of hydrogen-bond acceptors (Lipinski definition) is 3. The minimum Gasteiger partial charge on any atom is -0.494 e. The van der Waals surface area contributed by atoms with Crippen LogP contribution in [0.1, 0.15) is 25.3 Å². The second-order valence-electron chi connectivity index (χ2n) is 7.26. The Hall–Kier alpha value is -2.28. The molecule has 134 valence electrons. The van der Waals surface area contributed by atoms with E-state index in [0.29, 0.717) is 19.1 Å². The maximum absolute atomic E-state index is 10.9. The fourth-order valence-electron chi connectivity index (χ4n) is 4.02. The maximum Gasteiger partial charge on any atom is 0.141 e. The molecule has 3 aliphatic rings. The van der Waals surface area contributed by atoms with Crippen molar-refractivity contribution in [2.45, 2.75) is 25.4 Å². The first kappa shape index (κ1) is 17.1. The standard InChI is InChI=1S/C23H25NO2/c1-2-26-22-9-7-20(8-10-22)19-5-3-18(4-6-19)11-14-23(25)17-24-15-12-21(23)13-16-24/h3-10,21,25H,2,12-13,15-17H2,1H3. The molecule has 2 bridgehead atoms. The number of aliphatic hydroxyl groups is 1. The van der Waals surface area contributed by atoms with E-state index in [9.17, 15) is 5.11 Å². The lowest BCUT2D eigenvalue weighted by molar-refractivity contribution is -0.0713. The highest BCUT2D eigenvalue weighted by molar-refractivity contribution is 5.65. The highest BCUT2D eigenvalue weighted by Gasteiger charge is 2.44. The molecule has 0 radical (unpaired) electrons. The molecule has 26 heavy (non-hydrogen) atoms. The van der Waals surface area contributed by atoms with Crippen LogP contribution in [-0.2, 0) is 0 Å². The molecule has 3 heteroatoms. The van der Waals surface area contributed by atoms with Crippen LogP contribution in [0.4, 0.5) is 0 Å². The van der Waals surface area contributed by atoms with Crippen LogP contribution in [0.2, 0.25) is 0 Å². The Morgan fingerprint density at radius 2 is 1.65 bits per heavy atom. The van der Waals surface area contributed by atoms with Crippen LogP contribution in [0, 0.1) is 17.8 Å². The quantitative estimate of drug-likeness (QED) is 0.862. The predicted octanol–water partition coefficient (Wildman–Crippen LogP) is 3.56. The van der Waals surface area contributed by atoms with Gasteiger partial charge in [-0.2, -0.15) is 0 Å². The van der Waals surface area contributed by atoms with Gasteiger partial charge in [0.25, 0.3) is 0 Å². The summed E-state index contributed by atoms with van der Waals surface area (Å²) in [6.45, 7) is 5.56. The normalized spacial score (nSPS) is 26.8. The number of nitrogens with zero attached hydrogens (tertiary/aromatic N) is 1. The fourth-order valence-corrected chi connectivity index (χ4v) is 4.02. The van der Waals surface area contributed by atoms with Crippen molar-refractivity contribution in [3.63, 3.8) is 0 Å². The van der Waals surface area contributed by atoms with Crippen LogP contribution in [-0.4, -0.2) is 41.8 Å². The van der Waals surface area contributed by atoms with Crippen molar-refractivity contribution in [2.75, 3.05) is 26.2 Å². The number of fused-ring (bicyclic) bond motifs is 3. The van der Waals surface area contributed by atoms with E-state index in [2.05, 4.69) is 41.0 Å². The number of benzene rings is 2. The van der Waals surface area contributed by atoms with Crippen molar-refractivity contribution in [3.05, 3.63) is 54.1 Å². The van der Waals surface area contributed by atoms with Gasteiger partial charge in [-0.15, -0.1) is 0 Å². The third-order valence-electron chi connectivity index (χ3n) is 5.53. The van der Waals surface area contributed by atoms with Gasteiger partial charge in [-0.25, -0.2) is 0 Å². The third kappa shape index (κ3) is 3.49. The van der Waals surface area contributed by atoms with Crippen LogP contribution in [0.15, 0.2) is 48.5 Å². The molecular weight excluding hydrogens is 322 g/mol. The van der Waals surface area contributed by atoms with E-state index >= 15 is 0 Å². The Labute approximate surface area is 155 Å². The van der Waals surface area contributed by atoms with E-state index in [0.717, 1.165) is 48.4 Å². The molecule has 2 aromatic rings. The second kappa shape index (κ2) is 7.15. The molecule has 1 unspecified atom stereocenters. The zero-order valence-corrected chi connectivity index (χ0v) is 15.2. The Morgan fingerprint density at radius 1 is 1.04 bits per heavy atom. The molecule has 3 saturated heterocycles. The van der Waals surface area contributed by atoms with Gasteiger partial charge in [0.15, 0.2) is 0 Å². The Balaban J connectivity index is 1.48. The third-order valence-corrected chi connectivity index (χ3v) is 5.53. The largest absolute Gasteiger partial charge is 0.494 e. The molecule has 5 rings (SSSR count). The lowest BCUT2D eigenvalue weighted by Crippen LogP contribution is -2.58. The number of hydrogen-bond donors (Lipinski definition) is 1. The highest BCUT2D eigenvalue weighted by Crippen LogP contribution is 2.35. The van der Waals surface area contributed by atoms with Crippen molar-refractivity contribution in [1.82, 2.24) is 4.90 Å². The van der Waals surface area contributed by atoms with Gasteiger partial charge in [-0.1, -0.05) is 36.1 Å². The van der Waals surface area contributed by atoms with Gasteiger partial charge >= 0.3 is 0 Å². The molecule has 1 N–H and O–H groups in total. The van der Waals surface area contributed by atoms with Gasteiger partial charge < -0.3 is 9.84 Å². The molecule has 3 heterocycles. The Bertz CT molecular complexity index is 808. The summed E-state index contributed by atoms with van der Waals surface area (Å²) in [5.74, 6) is 7.59. The van der Waals surface area contributed by atoms with Gasteiger partial charge in [-0.05, 0) is 68.2 Å². The molecule has 3 aliphatic heterocycles. The maximum atomic E-state index is 10.9. The smallest absolute Gasteiger partial charge is 0.141 e. The van der Waals surface area contributed by atoms with Gasteiger partial charge in [0.05, 0.1) is 6.61 Å². The topological polar surface area (TPSA) is 32.7 Å². The summed E-state index contributed by atoms with van der Waals surface area (Å²) in [6, 6.07) is 16.4. The van der Waals surface area contributed by atoms with E-state index in [-0.39, 0.29) is 0 Å². The molecule has 0 spiro atoms. The summed E-state index contributed by atoms with van der Waals surface area (Å²) >= 11 is 0. The zero-order valence-electron chi connectivity index (χ0n) is 15.2. The zero-order chi connectivity index (χ0) is 18.0. The minimum absolute atomic E-state index is 0.322. The molecular formula is C23H25NO2. The molecule has 0 saturated carbocycles. The number of ether oxygens (including phenoxy) is 1. The summed E-state index contributed by atoms with van der Waals surface area (Å²) in [5, 5.41) is 10.9. The first-order valence-electron chi connectivity index (χ1n) is 9.47. The van der Waals surface area contributed by atoms with Gasteiger partial charge in [0.2, 0.25) is 0 Å². The van der Waals surface area contributed by atoms with Crippen molar-refractivity contribution in [2.24, 2.45) is 5.92 Å². The minimum atomic E-state index is -0.843. The molecule has 0 aliphatic carbocycles. The molecule has 2 aromatic carbocycles. The molecule has 3 nitrogen and oxygen atoms in total. The Kier molecular flexibility index (Phi) is 4.72. The Morgan fingerprint density at radius 3 is 2.19 bits per heavy atom. The summed E-state index contributed by atoms with van der Waals surface area (Å²) in [7, 11) is 0. The molecule has 1 atom stereocenters. The van der Waals surface area contributed by atoms with Crippen LogP contribution >= 0.6 is 0 Å². The highest BCUT2D eigenvalue weighted by atomic mass is 16.5. The van der Waals surface area contributed by atoms with Crippen LogP contribution in [0.5, 0.6) is 5.75 Å². The summed E-state index contributed by atoms with van der Waals surface area (Å²) in [6.07, 6.45) is 2.11. The van der Waals surface area contributed by atoms with Crippen LogP contribution < -0.4 is 4.74 Å². The van der Waals surface area contributed by atoms with E-state index < -0.39 is 5.60 Å². The van der Waals surface area contributed by atoms with Gasteiger partial charge in [-0.3, -0.25) is 4.90 Å². The lowest BCUT2D eigenvalue weighted by Gasteiger charge is -2.47. The number of piperidine rings is 3. The lowest BCUT2D eigenvalue weighted by atomic mass is 9.76. The van der Waals surface area contributed by atoms with Crippen molar-refractivity contribution in [1.29, 1.82) is 0 Å². The van der Waals surface area contributed by atoms with Crippen molar-refractivity contribution >= 4 is 0 Å². The average Bonchev–Trinajstić information content (AvgIpc) is 2.69. The summed E-state index contributed by atoms with van der Waals surface area (Å²) < 4.78 is 5.49. The van der Waals surface area contributed by atoms with Gasteiger partial charge in [0, 0.05) is 18.0 Å². The summed E-state index contributed by atoms with van der Waals surface area (Å²) in [5.41, 5.74) is 2.42. The first-order valence-corrected chi connectivity index (χ1v) is 9.47. The predicted molar refractivity (Wildman–Crippen MR) is 104 cm³/mol. The van der Waals surface area contributed by atoms with Crippen molar-refractivity contribution in [3.8, 4) is 28.7 Å². The van der Waals surface area contributed by atoms with E-state index in [1.165, 1.54) is 0 Å². The molecule has 3 fully saturated rings. The molecule has 0 amide bonds. The van der Waals surface area contributed by atoms with Crippen LogP contribution in [0.3, 0.4) is 0 Å². The van der Waals surface area contributed by atoms with Crippen molar-refractivity contribution < 1.29 is 9.84 Å². The average molecular weight is 347 g/mol. The monoisotopic (exact) mass is 347 g/mol. The van der Waals surface area contributed by atoms with E-state index in [4.69, 9.17) is 4.74 Å². The second-order valence-corrected chi connectivity index (χ2v) is 7.26. The fraction of sp³-hybridized carbons (Fsp3) is 0.391.